The monoisotopic (exact) mass is 407 g/mol. The molecular weight excluding hydrogens is 362 g/mol. The van der Waals surface area contributed by atoms with Gasteiger partial charge in [0, 0.05) is 0 Å². The van der Waals surface area contributed by atoms with Crippen molar-refractivity contribution >= 4 is 0 Å². The normalized spacial score (nSPS) is 11.5. The third kappa shape index (κ3) is 9.47. The lowest BCUT2D eigenvalue weighted by Gasteiger charge is -2.33. The first kappa shape index (κ1) is 24.7. The predicted molar refractivity (Wildman–Crippen MR) is 133 cm³/mol. The van der Waals surface area contributed by atoms with Crippen molar-refractivity contribution in [2.24, 2.45) is 0 Å². The third-order valence-electron chi connectivity index (χ3n) is 6.19. The zero-order valence-corrected chi connectivity index (χ0v) is 19.7. The van der Waals surface area contributed by atoms with E-state index in [0.717, 1.165) is 0 Å². The average Bonchev–Trinajstić information content (AvgIpc) is 2.79. The lowest BCUT2D eigenvalue weighted by Crippen LogP contribution is -2.31. The molecule has 0 aromatic heterocycles. The topological polar surface area (TPSA) is 3.24 Å². The van der Waals surface area contributed by atoms with Crippen LogP contribution < -0.4 is 0 Å². The third-order valence-corrected chi connectivity index (χ3v) is 6.19. The second-order valence-electron chi connectivity index (χ2n) is 8.80. The summed E-state index contributed by atoms with van der Waals surface area (Å²) >= 11 is 0. The Morgan fingerprint density at radius 1 is 0.500 bits per heavy atom. The molecule has 1 heteroatoms. The number of rotatable bonds is 17. The molecule has 0 fully saturated rings. The summed E-state index contributed by atoms with van der Waals surface area (Å²) in [4.78, 5) is 2.77. The van der Waals surface area contributed by atoms with Crippen molar-refractivity contribution in [2.45, 2.75) is 96.9 Å². The molecule has 0 saturated heterocycles. The minimum absolute atomic E-state index is 0.374. The number of benzene rings is 2. The van der Waals surface area contributed by atoms with Gasteiger partial charge in [-0.05, 0) is 37.1 Å². The molecule has 0 aliphatic carbocycles. The van der Waals surface area contributed by atoms with Crippen LogP contribution in [-0.4, -0.2) is 18.0 Å². The van der Waals surface area contributed by atoms with E-state index in [1.54, 1.807) is 0 Å². The molecule has 0 heterocycles. The second kappa shape index (κ2) is 16.1. The molecule has 0 atom stereocenters. The largest absolute Gasteiger partial charge is 0.292 e. The minimum Gasteiger partial charge on any atom is -0.292 e. The first-order valence-electron chi connectivity index (χ1n) is 12.7. The SMILES string of the molecule is CCCCCCCCN(CCCCCCCC)C(c1ccccc1)c1ccccc1. The van der Waals surface area contributed by atoms with Gasteiger partial charge in [0.25, 0.3) is 0 Å². The standard InChI is InChI=1S/C29H45N/c1-3-5-7-9-11-19-25-30(26-20-12-10-8-6-4-2)29(27-21-15-13-16-22-27)28-23-17-14-18-24-28/h13-18,21-24,29H,3-12,19-20,25-26H2,1-2H3. The molecule has 0 spiro atoms. The maximum absolute atomic E-state index is 2.77. The van der Waals surface area contributed by atoms with E-state index in [2.05, 4.69) is 79.4 Å². The van der Waals surface area contributed by atoms with Crippen LogP contribution in [0, 0.1) is 0 Å². The van der Waals surface area contributed by atoms with Crippen LogP contribution in [0.3, 0.4) is 0 Å². The number of hydrogen-bond acceptors (Lipinski definition) is 1. The van der Waals surface area contributed by atoms with Gasteiger partial charge < -0.3 is 0 Å². The van der Waals surface area contributed by atoms with E-state index >= 15 is 0 Å². The van der Waals surface area contributed by atoms with Crippen LogP contribution in [0.2, 0.25) is 0 Å². The van der Waals surface area contributed by atoms with Crippen molar-refractivity contribution in [3.05, 3.63) is 71.8 Å². The second-order valence-corrected chi connectivity index (χ2v) is 8.80. The van der Waals surface area contributed by atoms with Crippen molar-refractivity contribution < 1.29 is 0 Å². The molecule has 1 nitrogen and oxygen atoms in total. The lowest BCUT2D eigenvalue weighted by atomic mass is 9.96. The summed E-state index contributed by atoms with van der Waals surface area (Å²) in [6.07, 6.45) is 16.4. The van der Waals surface area contributed by atoms with E-state index in [0.29, 0.717) is 6.04 Å². The first-order valence-corrected chi connectivity index (χ1v) is 12.7. The van der Waals surface area contributed by atoms with E-state index < -0.39 is 0 Å². The van der Waals surface area contributed by atoms with Crippen LogP contribution in [0.25, 0.3) is 0 Å². The van der Waals surface area contributed by atoms with Crippen LogP contribution in [0.15, 0.2) is 60.7 Å². The van der Waals surface area contributed by atoms with Crippen molar-refractivity contribution in [1.29, 1.82) is 0 Å². The van der Waals surface area contributed by atoms with Gasteiger partial charge in [-0.1, -0.05) is 139 Å². The first-order chi connectivity index (χ1) is 14.9. The highest BCUT2D eigenvalue weighted by Crippen LogP contribution is 2.29. The number of nitrogens with zero attached hydrogens (tertiary/aromatic N) is 1. The average molecular weight is 408 g/mol. The summed E-state index contributed by atoms with van der Waals surface area (Å²) in [7, 11) is 0. The summed E-state index contributed by atoms with van der Waals surface area (Å²) in [6, 6.07) is 22.7. The van der Waals surface area contributed by atoms with E-state index in [1.807, 2.05) is 0 Å². The minimum atomic E-state index is 0.374. The Bertz CT molecular complexity index is 566. The van der Waals surface area contributed by atoms with Crippen LogP contribution in [0.4, 0.5) is 0 Å². The Labute approximate surface area is 186 Å². The number of hydrogen-bond donors (Lipinski definition) is 0. The zero-order chi connectivity index (χ0) is 21.3. The van der Waals surface area contributed by atoms with Crippen LogP contribution in [-0.2, 0) is 0 Å². The molecule has 0 N–H and O–H groups in total. The summed E-state index contributed by atoms with van der Waals surface area (Å²) < 4.78 is 0. The Balaban J connectivity index is 2.04. The van der Waals surface area contributed by atoms with E-state index in [-0.39, 0.29) is 0 Å². The van der Waals surface area contributed by atoms with Gasteiger partial charge in [-0.2, -0.15) is 0 Å². The smallest absolute Gasteiger partial charge is 0.0601 e. The summed E-state index contributed by atoms with van der Waals surface area (Å²) in [5.41, 5.74) is 2.86. The highest BCUT2D eigenvalue weighted by Gasteiger charge is 2.21. The van der Waals surface area contributed by atoms with Gasteiger partial charge in [0.15, 0.2) is 0 Å². The van der Waals surface area contributed by atoms with Crippen LogP contribution >= 0.6 is 0 Å². The van der Waals surface area contributed by atoms with Crippen molar-refractivity contribution in [3.8, 4) is 0 Å². The number of unbranched alkanes of at least 4 members (excludes halogenated alkanes) is 10. The zero-order valence-electron chi connectivity index (χ0n) is 19.7. The predicted octanol–water partition coefficient (Wildman–Crippen LogP) is 8.80. The molecule has 0 bridgehead atoms. The van der Waals surface area contributed by atoms with Gasteiger partial charge >= 0.3 is 0 Å². The molecule has 0 unspecified atom stereocenters. The van der Waals surface area contributed by atoms with Gasteiger partial charge in [-0.15, -0.1) is 0 Å². The maximum atomic E-state index is 2.77. The lowest BCUT2D eigenvalue weighted by molar-refractivity contribution is 0.214. The molecule has 2 rings (SSSR count). The van der Waals surface area contributed by atoms with E-state index in [4.69, 9.17) is 0 Å². The van der Waals surface area contributed by atoms with E-state index in [1.165, 1.54) is 101 Å². The van der Waals surface area contributed by atoms with Crippen molar-refractivity contribution in [3.63, 3.8) is 0 Å². The quantitative estimate of drug-likeness (QED) is 0.237. The Morgan fingerprint density at radius 2 is 0.867 bits per heavy atom. The van der Waals surface area contributed by atoms with Crippen LogP contribution in [0.5, 0.6) is 0 Å². The van der Waals surface area contributed by atoms with Gasteiger partial charge in [0.05, 0.1) is 6.04 Å². The van der Waals surface area contributed by atoms with Gasteiger partial charge in [0.1, 0.15) is 0 Å². The molecular formula is C29H45N. The Hall–Kier alpha value is -1.60. The van der Waals surface area contributed by atoms with Crippen LogP contribution in [0.1, 0.15) is 108 Å². The Kier molecular flexibility index (Phi) is 13.3. The molecule has 166 valence electrons. The highest BCUT2D eigenvalue weighted by atomic mass is 15.2. The fourth-order valence-corrected chi connectivity index (χ4v) is 4.45. The fraction of sp³-hybridized carbons (Fsp3) is 0.586. The summed E-state index contributed by atoms with van der Waals surface area (Å²) in [5.74, 6) is 0. The molecule has 0 aliphatic rings. The fourth-order valence-electron chi connectivity index (χ4n) is 4.45. The summed E-state index contributed by atoms with van der Waals surface area (Å²) in [6.45, 7) is 7.00. The van der Waals surface area contributed by atoms with Gasteiger partial charge in [-0.25, -0.2) is 0 Å². The summed E-state index contributed by atoms with van der Waals surface area (Å²) in [5, 5.41) is 0. The molecule has 0 saturated carbocycles. The van der Waals surface area contributed by atoms with Crippen molar-refractivity contribution in [1.82, 2.24) is 4.90 Å². The molecule has 2 aromatic carbocycles. The molecule has 0 radical (unpaired) electrons. The Morgan fingerprint density at radius 3 is 1.27 bits per heavy atom. The highest BCUT2D eigenvalue weighted by molar-refractivity contribution is 5.31. The molecule has 30 heavy (non-hydrogen) atoms. The van der Waals surface area contributed by atoms with Gasteiger partial charge in [-0.3, -0.25) is 4.90 Å². The maximum Gasteiger partial charge on any atom is 0.0601 e. The molecule has 0 aliphatic heterocycles. The van der Waals surface area contributed by atoms with Gasteiger partial charge in [0.2, 0.25) is 0 Å². The molecule has 0 amide bonds. The molecule has 2 aromatic rings. The van der Waals surface area contributed by atoms with E-state index in [9.17, 15) is 0 Å². The van der Waals surface area contributed by atoms with Crippen molar-refractivity contribution in [2.75, 3.05) is 13.1 Å².